The molecule has 2 unspecified atom stereocenters. The molecule has 2 atom stereocenters. The van der Waals surface area contributed by atoms with Crippen molar-refractivity contribution < 1.29 is 4.42 Å². The standard InChI is InChI=1S/C16H21NO/c1-3-6-12-9-15(12)17-10-14-11(2)18-16-8-5-4-7-13(14)16/h4-5,7-8,12,15,17H,3,6,9-10H2,1-2H3. The summed E-state index contributed by atoms with van der Waals surface area (Å²) in [6, 6.07) is 9.04. The first-order valence-electron chi connectivity index (χ1n) is 7.00. The van der Waals surface area contributed by atoms with Crippen LogP contribution >= 0.6 is 0 Å². The molecule has 1 heterocycles. The van der Waals surface area contributed by atoms with E-state index < -0.39 is 0 Å². The van der Waals surface area contributed by atoms with Gasteiger partial charge in [-0.25, -0.2) is 0 Å². The maximum Gasteiger partial charge on any atom is 0.134 e. The molecule has 1 saturated carbocycles. The molecule has 0 radical (unpaired) electrons. The van der Waals surface area contributed by atoms with E-state index >= 15 is 0 Å². The maximum absolute atomic E-state index is 5.79. The molecule has 1 aliphatic rings. The summed E-state index contributed by atoms with van der Waals surface area (Å²) in [6.07, 6.45) is 4.02. The van der Waals surface area contributed by atoms with Crippen molar-refractivity contribution in [2.45, 2.75) is 45.7 Å². The normalized spacial score (nSPS) is 22.6. The molecule has 0 bridgehead atoms. The van der Waals surface area contributed by atoms with Gasteiger partial charge in [-0.2, -0.15) is 0 Å². The van der Waals surface area contributed by atoms with Gasteiger partial charge in [-0.15, -0.1) is 0 Å². The quantitative estimate of drug-likeness (QED) is 0.858. The smallest absolute Gasteiger partial charge is 0.134 e. The zero-order valence-electron chi connectivity index (χ0n) is 11.2. The largest absolute Gasteiger partial charge is 0.461 e. The van der Waals surface area contributed by atoms with Crippen LogP contribution in [0.4, 0.5) is 0 Å². The van der Waals surface area contributed by atoms with Gasteiger partial charge in [0.2, 0.25) is 0 Å². The number of para-hydroxylation sites is 1. The second-order valence-electron chi connectivity index (χ2n) is 5.40. The average Bonchev–Trinajstić information content (AvgIpc) is 3.02. The van der Waals surface area contributed by atoms with Crippen LogP contribution in [0.1, 0.15) is 37.5 Å². The Hall–Kier alpha value is -1.28. The van der Waals surface area contributed by atoms with Gasteiger partial charge < -0.3 is 9.73 Å². The van der Waals surface area contributed by atoms with Crippen molar-refractivity contribution in [2.75, 3.05) is 0 Å². The minimum Gasteiger partial charge on any atom is -0.461 e. The van der Waals surface area contributed by atoms with E-state index in [1.54, 1.807) is 0 Å². The van der Waals surface area contributed by atoms with Crippen molar-refractivity contribution >= 4 is 11.0 Å². The van der Waals surface area contributed by atoms with Crippen LogP contribution in [0.5, 0.6) is 0 Å². The first kappa shape index (κ1) is 11.8. The topological polar surface area (TPSA) is 25.2 Å². The number of rotatable bonds is 5. The van der Waals surface area contributed by atoms with E-state index in [-0.39, 0.29) is 0 Å². The number of aryl methyl sites for hydroxylation is 1. The number of furan rings is 1. The minimum absolute atomic E-state index is 0.734. The molecule has 0 amide bonds. The molecule has 1 aliphatic carbocycles. The van der Waals surface area contributed by atoms with E-state index in [0.29, 0.717) is 0 Å². The third-order valence-electron chi connectivity index (χ3n) is 4.02. The zero-order valence-corrected chi connectivity index (χ0v) is 11.2. The Morgan fingerprint density at radius 3 is 3.00 bits per heavy atom. The summed E-state index contributed by atoms with van der Waals surface area (Å²) in [6.45, 7) is 5.27. The lowest BCUT2D eigenvalue weighted by Gasteiger charge is -2.03. The van der Waals surface area contributed by atoms with Gasteiger partial charge in [0.15, 0.2) is 0 Å². The van der Waals surface area contributed by atoms with E-state index in [9.17, 15) is 0 Å². The molecular weight excluding hydrogens is 222 g/mol. The molecule has 2 nitrogen and oxygen atoms in total. The van der Waals surface area contributed by atoms with E-state index in [2.05, 4.69) is 31.3 Å². The number of hydrogen-bond donors (Lipinski definition) is 1. The second-order valence-corrected chi connectivity index (χ2v) is 5.40. The van der Waals surface area contributed by atoms with Gasteiger partial charge >= 0.3 is 0 Å². The fourth-order valence-corrected chi connectivity index (χ4v) is 2.86. The minimum atomic E-state index is 0.734. The Bertz CT molecular complexity index is 543. The molecule has 0 spiro atoms. The van der Waals surface area contributed by atoms with E-state index in [0.717, 1.165) is 29.8 Å². The van der Waals surface area contributed by atoms with Crippen molar-refractivity contribution in [3.8, 4) is 0 Å². The molecule has 2 aromatic rings. The van der Waals surface area contributed by atoms with Gasteiger partial charge in [-0.05, 0) is 31.7 Å². The van der Waals surface area contributed by atoms with Crippen LogP contribution in [0.15, 0.2) is 28.7 Å². The van der Waals surface area contributed by atoms with Crippen molar-refractivity contribution in [1.82, 2.24) is 5.32 Å². The summed E-state index contributed by atoms with van der Waals surface area (Å²) in [7, 11) is 0. The molecule has 1 aromatic carbocycles. The summed E-state index contributed by atoms with van der Waals surface area (Å²) >= 11 is 0. The lowest BCUT2D eigenvalue weighted by atomic mass is 10.1. The van der Waals surface area contributed by atoms with Gasteiger partial charge in [0.1, 0.15) is 11.3 Å². The SMILES string of the molecule is CCCC1CC1NCc1c(C)oc2ccccc12. The highest BCUT2D eigenvalue weighted by Crippen LogP contribution is 2.35. The molecule has 0 saturated heterocycles. The first-order chi connectivity index (χ1) is 8.79. The molecule has 1 aromatic heterocycles. The van der Waals surface area contributed by atoms with E-state index in [1.807, 2.05) is 12.1 Å². The van der Waals surface area contributed by atoms with Crippen molar-refractivity contribution in [2.24, 2.45) is 5.92 Å². The molecule has 1 fully saturated rings. The summed E-state index contributed by atoms with van der Waals surface area (Å²) in [4.78, 5) is 0. The summed E-state index contributed by atoms with van der Waals surface area (Å²) in [5.41, 5.74) is 2.33. The molecular formula is C16H21NO. The Kier molecular flexibility index (Phi) is 3.13. The third-order valence-corrected chi connectivity index (χ3v) is 4.02. The van der Waals surface area contributed by atoms with E-state index in [4.69, 9.17) is 4.42 Å². The average molecular weight is 243 g/mol. The van der Waals surface area contributed by atoms with Crippen LogP contribution in [-0.4, -0.2) is 6.04 Å². The molecule has 96 valence electrons. The van der Waals surface area contributed by atoms with Gasteiger partial charge in [0.05, 0.1) is 0 Å². The summed E-state index contributed by atoms with van der Waals surface area (Å²) in [5.74, 6) is 1.96. The Morgan fingerprint density at radius 1 is 1.33 bits per heavy atom. The predicted molar refractivity (Wildman–Crippen MR) is 74.6 cm³/mol. The molecule has 2 heteroatoms. The van der Waals surface area contributed by atoms with Crippen molar-refractivity contribution in [1.29, 1.82) is 0 Å². The summed E-state index contributed by atoms with van der Waals surface area (Å²) < 4.78 is 5.79. The highest BCUT2D eigenvalue weighted by atomic mass is 16.3. The fraction of sp³-hybridized carbons (Fsp3) is 0.500. The van der Waals surface area contributed by atoms with Gasteiger partial charge in [0, 0.05) is 23.5 Å². The number of fused-ring (bicyclic) bond motifs is 1. The number of nitrogens with one attached hydrogen (secondary N) is 1. The van der Waals surface area contributed by atoms with Crippen molar-refractivity contribution in [3.63, 3.8) is 0 Å². The van der Waals surface area contributed by atoms with Crippen LogP contribution in [-0.2, 0) is 6.54 Å². The van der Waals surface area contributed by atoms with Crippen LogP contribution in [0.3, 0.4) is 0 Å². The van der Waals surface area contributed by atoms with Gasteiger partial charge in [-0.1, -0.05) is 31.5 Å². The maximum atomic E-state index is 5.79. The first-order valence-corrected chi connectivity index (χ1v) is 7.00. The molecule has 1 N–H and O–H groups in total. The molecule has 3 rings (SSSR count). The molecule has 0 aliphatic heterocycles. The highest BCUT2D eigenvalue weighted by molar-refractivity contribution is 5.82. The highest BCUT2D eigenvalue weighted by Gasteiger charge is 2.35. The van der Waals surface area contributed by atoms with Crippen LogP contribution in [0, 0.1) is 12.8 Å². The Balaban J connectivity index is 1.70. The third kappa shape index (κ3) is 2.17. The van der Waals surface area contributed by atoms with Gasteiger partial charge in [0.25, 0.3) is 0 Å². The molecule has 18 heavy (non-hydrogen) atoms. The lowest BCUT2D eigenvalue weighted by Crippen LogP contribution is -2.17. The number of hydrogen-bond acceptors (Lipinski definition) is 2. The predicted octanol–water partition coefficient (Wildman–Crippen LogP) is 4.02. The summed E-state index contributed by atoms with van der Waals surface area (Å²) in [5, 5.41) is 4.93. The van der Waals surface area contributed by atoms with Gasteiger partial charge in [-0.3, -0.25) is 0 Å². The van der Waals surface area contributed by atoms with Crippen LogP contribution < -0.4 is 5.32 Å². The second kappa shape index (κ2) is 4.77. The number of benzene rings is 1. The fourth-order valence-electron chi connectivity index (χ4n) is 2.86. The lowest BCUT2D eigenvalue weighted by molar-refractivity contribution is 0.557. The Morgan fingerprint density at radius 2 is 2.17 bits per heavy atom. The van der Waals surface area contributed by atoms with Crippen LogP contribution in [0.2, 0.25) is 0 Å². The Labute approximate surface area is 108 Å². The van der Waals surface area contributed by atoms with Crippen molar-refractivity contribution in [3.05, 3.63) is 35.6 Å². The monoisotopic (exact) mass is 243 g/mol. The van der Waals surface area contributed by atoms with E-state index in [1.165, 1.54) is 30.2 Å². The zero-order chi connectivity index (χ0) is 12.5. The van der Waals surface area contributed by atoms with Crippen LogP contribution in [0.25, 0.3) is 11.0 Å².